The number of pyridine rings is 1. The predicted molar refractivity (Wildman–Crippen MR) is 102 cm³/mol. The number of aromatic nitrogens is 1. The van der Waals surface area contributed by atoms with Gasteiger partial charge in [-0.1, -0.05) is 6.07 Å². The third-order valence-electron chi connectivity index (χ3n) is 4.55. The lowest BCUT2D eigenvalue weighted by atomic mass is 10.3. The molecule has 6 heteroatoms. The Labute approximate surface area is 150 Å². The van der Waals surface area contributed by atoms with Crippen molar-refractivity contribution in [2.75, 3.05) is 40.4 Å². The largest absolute Gasteiger partial charge is 0.379 e. The highest BCUT2D eigenvalue weighted by Crippen LogP contribution is 2.28. The fraction of sp³-hybridized carbons (Fsp3) is 0.684. The highest BCUT2D eigenvalue weighted by molar-refractivity contribution is 5.79. The third kappa shape index (κ3) is 6.90. The van der Waals surface area contributed by atoms with Gasteiger partial charge in [0, 0.05) is 52.1 Å². The fourth-order valence-electron chi connectivity index (χ4n) is 2.73. The van der Waals surface area contributed by atoms with Crippen LogP contribution in [0.2, 0.25) is 0 Å². The molecule has 1 saturated carbocycles. The first-order valence-electron chi connectivity index (χ1n) is 9.28. The number of rotatable bonds is 10. The molecule has 0 saturated heterocycles. The summed E-state index contributed by atoms with van der Waals surface area (Å²) < 4.78 is 7.51. The summed E-state index contributed by atoms with van der Waals surface area (Å²) in [4.78, 5) is 18.2. The van der Waals surface area contributed by atoms with Crippen molar-refractivity contribution in [3.05, 3.63) is 34.2 Å². The molecule has 0 aromatic carbocycles. The Balaban J connectivity index is 1.60. The molecule has 1 N–H and O–H groups in total. The van der Waals surface area contributed by atoms with Crippen LogP contribution in [0.15, 0.2) is 28.0 Å². The number of hydrogen-bond donors (Lipinski definition) is 1. The fourth-order valence-corrected chi connectivity index (χ4v) is 2.73. The van der Waals surface area contributed by atoms with Gasteiger partial charge in [0.25, 0.3) is 5.56 Å². The van der Waals surface area contributed by atoms with Gasteiger partial charge in [-0.3, -0.25) is 9.79 Å². The smallest absolute Gasteiger partial charge is 0.250 e. The van der Waals surface area contributed by atoms with E-state index in [-0.39, 0.29) is 5.56 Å². The van der Waals surface area contributed by atoms with E-state index in [0.29, 0.717) is 0 Å². The highest BCUT2D eigenvalue weighted by atomic mass is 16.5. The van der Waals surface area contributed by atoms with E-state index in [9.17, 15) is 4.79 Å². The second-order valence-electron chi connectivity index (χ2n) is 6.78. The van der Waals surface area contributed by atoms with Crippen molar-refractivity contribution in [2.45, 2.75) is 39.2 Å². The minimum atomic E-state index is 0.0784. The van der Waals surface area contributed by atoms with Gasteiger partial charge < -0.3 is 19.5 Å². The zero-order valence-corrected chi connectivity index (χ0v) is 15.8. The average molecular weight is 348 g/mol. The molecule has 1 aliphatic rings. The number of unbranched alkanes of at least 4 members (excludes halogenated alkanes) is 1. The summed E-state index contributed by atoms with van der Waals surface area (Å²) in [6, 6.07) is 5.40. The van der Waals surface area contributed by atoms with E-state index in [2.05, 4.69) is 15.2 Å². The van der Waals surface area contributed by atoms with Crippen molar-refractivity contribution in [1.29, 1.82) is 0 Å². The molecule has 25 heavy (non-hydrogen) atoms. The van der Waals surface area contributed by atoms with Crippen molar-refractivity contribution >= 4 is 5.96 Å². The molecule has 0 radical (unpaired) electrons. The van der Waals surface area contributed by atoms with Crippen LogP contribution < -0.4 is 10.9 Å². The Hall–Kier alpha value is -1.82. The van der Waals surface area contributed by atoms with Crippen LogP contribution in [0.1, 0.15) is 31.4 Å². The molecule has 0 aliphatic heterocycles. The number of likely N-dealkylation sites (N-methyl/N-ethyl adjacent to an activating group) is 1. The molecule has 1 aliphatic carbocycles. The van der Waals surface area contributed by atoms with Crippen molar-refractivity contribution in [2.24, 2.45) is 10.9 Å². The summed E-state index contributed by atoms with van der Waals surface area (Å²) in [5.41, 5.74) is 1.09. The van der Waals surface area contributed by atoms with Crippen LogP contribution in [0.5, 0.6) is 0 Å². The molecular formula is C19H32N4O2. The highest BCUT2D eigenvalue weighted by Gasteiger charge is 2.21. The molecule has 1 aromatic heterocycles. The zero-order chi connectivity index (χ0) is 18.1. The van der Waals surface area contributed by atoms with Crippen LogP contribution in [0.25, 0.3) is 0 Å². The molecule has 1 fully saturated rings. The standard InChI is InChI=1S/C19H32N4O2/c1-16-7-6-8-18(24)23(16)12-5-4-11-21-19(20-2)22(3)13-14-25-15-17-9-10-17/h6-8,17H,4-5,9-15H2,1-3H3,(H,20,21). The number of aryl methyl sites for hydroxylation is 1. The summed E-state index contributed by atoms with van der Waals surface area (Å²) in [5, 5.41) is 3.38. The van der Waals surface area contributed by atoms with Gasteiger partial charge in [0.1, 0.15) is 0 Å². The maximum absolute atomic E-state index is 11.8. The maximum atomic E-state index is 11.8. The molecule has 1 heterocycles. The topological polar surface area (TPSA) is 58.9 Å². The second kappa shape index (κ2) is 10.2. The Morgan fingerprint density at radius 1 is 1.40 bits per heavy atom. The van der Waals surface area contributed by atoms with Crippen molar-refractivity contribution in [3.63, 3.8) is 0 Å². The van der Waals surface area contributed by atoms with Crippen LogP contribution >= 0.6 is 0 Å². The molecule has 0 bridgehead atoms. The summed E-state index contributed by atoms with van der Waals surface area (Å²) in [5.74, 6) is 1.70. The van der Waals surface area contributed by atoms with E-state index in [1.807, 2.05) is 30.7 Å². The molecule has 0 atom stereocenters. The molecule has 6 nitrogen and oxygen atoms in total. The van der Waals surface area contributed by atoms with Crippen LogP contribution in [0.3, 0.4) is 0 Å². The molecule has 2 rings (SSSR count). The van der Waals surface area contributed by atoms with Gasteiger partial charge in [0.05, 0.1) is 6.61 Å². The van der Waals surface area contributed by atoms with Gasteiger partial charge in [-0.15, -0.1) is 0 Å². The second-order valence-corrected chi connectivity index (χ2v) is 6.78. The molecule has 0 spiro atoms. The van der Waals surface area contributed by atoms with Gasteiger partial charge >= 0.3 is 0 Å². The van der Waals surface area contributed by atoms with Crippen LogP contribution in [-0.2, 0) is 11.3 Å². The van der Waals surface area contributed by atoms with E-state index >= 15 is 0 Å². The molecule has 0 amide bonds. The Morgan fingerprint density at radius 3 is 2.88 bits per heavy atom. The van der Waals surface area contributed by atoms with Crippen LogP contribution in [-0.4, -0.2) is 55.8 Å². The minimum absolute atomic E-state index is 0.0784. The van der Waals surface area contributed by atoms with Crippen molar-refractivity contribution < 1.29 is 4.74 Å². The summed E-state index contributed by atoms with van der Waals surface area (Å²) >= 11 is 0. The zero-order valence-electron chi connectivity index (χ0n) is 15.8. The number of hydrogen-bond acceptors (Lipinski definition) is 3. The Bertz CT molecular complexity index is 608. The monoisotopic (exact) mass is 348 g/mol. The van der Waals surface area contributed by atoms with Gasteiger partial charge in [0.15, 0.2) is 5.96 Å². The van der Waals surface area contributed by atoms with Gasteiger partial charge in [-0.05, 0) is 44.6 Å². The average Bonchev–Trinajstić information content (AvgIpc) is 3.41. The third-order valence-corrected chi connectivity index (χ3v) is 4.55. The molecule has 1 aromatic rings. The lowest BCUT2D eigenvalue weighted by Gasteiger charge is -2.22. The Morgan fingerprint density at radius 2 is 2.20 bits per heavy atom. The number of nitrogens with zero attached hydrogens (tertiary/aromatic N) is 3. The quantitative estimate of drug-likeness (QED) is 0.398. The molecule has 0 unspecified atom stereocenters. The van der Waals surface area contributed by atoms with E-state index < -0.39 is 0 Å². The lowest BCUT2D eigenvalue weighted by Crippen LogP contribution is -2.41. The van der Waals surface area contributed by atoms with Gasteiger partial charge in [-0.25, -0.2) is 0 Å². The molecule has 140 valence electrons. The predicted octanol–water partition coefficient (Wildman–Crippen LogP) is 1.87. The van der Waals surface area contributed by atoms with Crippen LogP contribution in [0.4, 0.5) is 0 Å². The van der Waals surface area contributed by atoms with E-state index in [4.69, 9.17) is 4.74 Å². The Kier molecular flexibility index (Phi) is 7.98. The normalized spacial score (nSPS) is 14.6. The summed E-state index contributed by atoms with van der Waals surface area (Å²) in [6.45, 7) is 6.06. The van der Waals surface area contributed by atoms with Crippen molar-refractivity contribution in [3.8, 4) is 0 Å². The van der Waals surface area contributed by atoms with Crippen molar-refractivity contribution in [1.82, 2.24) is 14.8 Å². The van der Waals surface area contributed by atoms with Gasteiger partial charge in [-0.2, -0.15) is 0 Å². The number of nitrogens with one attached hydrogen (secondary N) is 1. The number of aliphatic imine (C=N–C) groups is 1. The first-order chi connectivity index (χ1) is 12.1. The van der Waals surface area contributed by atoms with E-state index in [1.54, 1.807) is 13.1 Å². The number of ether oxygens (including phenoxy) is 1. The molecular weight excluding hydrogens is 316 g/mol. The van der Waals surface area contributed by atoms with Gasteiger partial charge in [0.2, 0.25) is 0 Å². The van der Waals surface area contributed by atoms with E-state index in [1.165, 1.54) is 12.8 Å². The first-order valence-corrected chi connectivity index (χ1v) is 9.28. The summed E-state index contributed by atoms with van der Waals surface area (Å²) in [7, 11) is 3.83. The summed E-state index contributed by atoms with van der Waals surface area (Å²) in [6.07, 6.45) is 4.61. The minimum Gasteiger partial charge on any atom is -0.379 e. The first kappa shape index (κ1) is 19.5. The maximum Gasteiger partial charge on any atom is 0.250 e. The number of guanidine groups is 1. The van der Waals surface area contributed by atoms with E-state index in [0.717, 1.165) is 63.3 Å². The SMILES string of the molecule is CN=C(NCCCCn1c(C)cccc1=O)N(C)CCOCC1CC1. The lowest BCUT2D eigenvalue weighted by molar-refractivity contribution is 0.115. The van der Waals surface area contributed by atoms with Crippen LogP contribution in [0, 0.1) is 12.8 Å².